The Balaban J connectivity index is 2.90. The molecule has 0 aliphatic carbocycles. The molecule has 2 N–H and O–H groups in total. The van der Waals surface area contributed by atoms with Gasteiger partial charge in [-0.2, -0.15) is 0 Å². The Morgan fingerprint density at radius 1 is 1.59 bits per heavy atom. The molecule has 0 bridgehead atoms. The van der Waals surface area contributed by atoms with Gasteiger partial charge in [-0.25, -0.2) is 4.39 Å². The van der Waals surface area contributed by atoms with Crippen LogP contribution in [0.3, 0.4) is 0 Å². The molecule has 17 heavy (non-hydrogen) atoms. The van der Waals surface area contributed by atoms with Gasteiger partial charge in [-0.1, -0.05) is 0 Å². The average Bonchev–Trinajstić information content (AvgIpc) is 2.24. The lowest BCUT2D eigenvalue weighted by atomic mass is 10.2. The van der Waals surface area contributed by atoms with Crippen LogP contribution in [0.25, 0.3) is 0 Å². The van der Waals surface area contributed by atoms with Gasteiger partial charge in [0.2, 0.25) is 0 Å². The molecule has 1 aromatic rings. The zero-order valence-electron chi connectivity index (χ0n) is 9.01. The van der Waals surface area contributed by atoms with Crippen LogP contribution in [-0.2, 0) is 0 Å². The van der Waals surface area contributed by atoms with Crippen LogP contribution >= 0.6 is 0 Å². The van der Waals surface area contributed by atoms with E-state index in [2.05, 4.69) is 5.32 Å². The molecule has 1 rings (SSSR count). The molecular formula is C10H11FN2O4. The normalized spacial score (nSPS) is 11.9. The van der Waals surface area contributed by atoms with Crippen LogP contribution in [0.1, 0.15) is 17.3 Å². The molecule has 0 saturated heterocycles. The third kappa shape index (κ3) is 3.80. The quantitative estimate of drug-likeness (QED) is 0.604. The van der Waals surface area contributed by atoms with Crippen molar-refractivity contribution in [3.8, 4) is 0 Å². The Morgan fingerprint density at radius 3 is 2.76 bits per heavy atom. The SMILES string of the molecule is C[C@@H](O)CNC(=O)c1cc(F)cc([N+](=O)[O-])c1. The fourth-order valence-electron chi connectivity index (χ4n) is 1.15. The highest BCUT2D eigenvalue weighted by Crippen LogP contribution is 2.16. The van der Waals surface area contributed by atoms with Gasteiger partial charge in [0, 0.05) is 18.2 Å². The second-order valence-corrected chi connectivity index (χ2v) is 3.51. The first kappa shape index (κ1) is 13.0. The minimum absolute atomic E-state index is 0.0108. The van der Waals surface area contributed by atoms with E-state index in [1.54, 1.807) is 0 Å². The first-order valence-electron chi connectivity index (χ1n) is 4.81. The number of rotatable bonds is 4. The maximum absolute atomic E-state index is 13.0. The van der Waals surface area contributed by atoms with E-state index < -0.39 is 28.4 Å². The number of hydrogen-bond donors (Lipinski definition) is 2. The summed E-state index contributed by atoms with van der Waals surface area (Å²) in [6.07, 6.45) is -0.748. The van der Waals surface area contributed by atoms with E-state index in [4.69, 9.17) is 5.11 Å². The Kier molecular flexibility index (Phi) is 4.11. The number of benzene rings is 1. The molecule has 0 fully saturated rings. The maximum Gasteiger partial charge on any atom is 0.273 e. The zero-order valence-corrected chi connectivity index (χ0v) is 9.01. The lowest BCUT2D eigenvalue weighted by molar-refractivity contribution is -0.385. The van der Waals surface area contributed by atoms with Crippen LogP contribution in [0.15, 0.2) is 18.2 Å². The molecule has 92 valence electrons. The fraction of sp³-hybridized carbons (Fsp3) is 0.300. The van der Waals surface area contributed by atoms with Crippen LogP contribution in [0, 0.1) is 15.9 Å². The highest BCUT2D eigenvalue weighted by atomic mass is 19.1. The summed E-state index contributed by atoms with van der Waals surface area (Å²) in [5.41, 5.74) is -0.649. The number of carbonyl (C=O) groups is 1. The summed E-state index contributed by atoms with van der Waals surface area (Å²) in [5, 5.41) is 21.7. The van der Waals surface area contributed by atoms with Crippen molar-refractivity contribution in [1.29, 1.82) is 0 Å². The van der Waals surface area contributed by atoms with E-state index in [0.717, 1.165) is 18.2 Å². The predicted octanol–water partition coefficient (Wildman–Crippen LogP) is 0.845. The van der Waals surface area contributed by atoms with Gasteiger partial charge in [-0.15, -0.1) is 0 Å². The summed E-state index contributed by atoms with van der Waals surface area (Å²) >= 11 is 0. The van der Waals surface area contributed by atoms with Gasteiger partial charge < -0.3 is 10.4 Å². The topological polar surface area (TPSA) is 92.5 Å². The number of nitrogens with zero attached hydrogens (tertiary/aromatic N) is 1. The van der Waals surface area contributed by atoms with Crippen molar-refractivity contribution in [3.05, 3.63) is 39.7 Å². The van der Waals surface area contributed by atoms with Gasteiger partial charge in [0.25, 0.3) is 11.6 Å². The van der Waals surface area contributed by atoms with E-state index >= 15 is 0 Å². The summed E-state index contributed by atoms with van der Waals surface area (Å²) in [7, 11) is 0. The number of non-ortho nitro benzene ring substituents is 1. The van der Waals surface area contributed by atoms with Crippen molar-refractivity contribution < 1.29 is 19.2 Å². The van der Waals surface area contributed by atoms with Gasteiger partial charge in [0.15, 0.2) is 0 Å². The molecule has 0 saturated carbocycles. The van der Waals surface area contributed by atoms with Crippen LogP contribution in [0.5, 0.6) is 0 Å². The van der Waals surface area contributed by atoms with Crippen molar-refractivity contribution >= 4 is 11.6 Å². The lowest BCUT2D eigenvalue weighted by Crippen LogP contribution is -2.30. The van der Waals surface area contributed by atoms with Crippen molar-refractivity contribution in [1.82, 2.24) is 5.32 Å². The van der Waals surface area contributed by atoms with Gasteiger partial charge in [-0.05, 0) is 13.0 Å². The third-order valence-corrected chi connectivity index (χ3v) is 1.91. The average molecular weight is 242 g/mol. The van der Waals surface area contributed by atoms with Crippen molar-refractivity contribution in [2.45, 2.75) is 13.0 Å². The molecule has 6 nitrogen and oxygen atoms in total. The second-order valence-electron chi connectivity index (χ2n) is 3.51. The molecule has 0 heterocycles. The van der Waals surface area contributed by atoms with Crippen molar-refractivity contribution in [3.63, 3.8) is 0 Å². The van der Waals surface area contributed by atoms with E-state index in [9.17, 15) is 19.3 Å². The molecule has 7 heteroatoms. The molecule has 1 atom stereocenters. The van der Waals surface area contributed by atoms with E-state index in [1.807, 2.05) is 0 Å². The predicted molar refractivity (Wildman–Crippen MR) is 57.1 cm³/mol. The molecule has 0 spiro atoms. The lowest BCUT2D eigenvalue weighted by Gasteiger charge is -2.07. The summed E-state index contributed by atoms with van der Waals surface area (Å²) in [5.74, 6) is -1.53. The smallest absolute Gasteiger partial charge is 0.273 e. The number of hydrogen-bond acceptors (Lipinski definition) is 4. The molecule has 0 aliphatic rings. The van der Waals surface area contributed by atoms with Crippen LogP contribution < -0.4 is 5.32 Å². The summed E-state index contributed by atoms with van der Waals surface area (Å²) in [6, 6.07) is 2.59. The van der Waals surface area contributed by atoms with Gasteiger partial charge in [0.1, 0.15) is 5.82 Å². The number of aliphatic hydroxyl groups excluding tert-OH is 1. The highest BCUT2D eigenvalue weighted by molar-refractivity contribution is 5.94. The monoisotopic (exact) mass is 242 g/mol. The minimum Gasteiger partial charge on any atom is -0.392 e. The number of halogens is 1. The Morgan fingerprint density at radius 2 is 2.24 bits per heavy atom. The molecule has 0 aliphatic heterocycles. The zero-order chi connectivity index (χ0) is 13.0. The Hall–Kier alpha value is -2.02. The first-order chi connectivity index (χ1) is 7.90. The van der Waals surface area contributed by atoms with Gasteiger partial charge in [-0.3, -0.25) is 14.9 Å². The molecule has 0 aromatic heterocycles. The standard InChI is InChI=1S/C10H11FN2O4/c1-6(14)5-12-10(15)7-2-8(11)4-9(3-7)13(16)17/h2-4,6,14H,5H2,1H3,(H,12,15)/t6-/m1/s1. The number of nitro groups is 1. The summed E-state index contributed by atoms with van der Waals surface area (Å²) < 4.78 is 13.0. The van der Waals surface area contributed by atoms with Gasteiger partial charge in [0.05, 0.1) is 17.1 Å². The number of carbonyl (C=O) groups excluding carboxylic acids is 1. The maximum atomic E-state index is 13.0. The molecular weight excluding hydrogens is 231 g/mol. The third-order valence-electron chi connectivity index (χ3n) is 1.91. The molecule has 1 amide bonds. The summed E-state index contributed by atoms with van der Waals surface area (Å²) in [4.78, 5) is 21.1. The summed E-state index contributed by atoms with van der Waals surface area (Å²) in [6.45, 7) is 1.46. The second kappa shape index (κ2) is 5.35. The van der Waals surface area contributed by atoms with Crippen molar-refractivity contribution in [2.24, 2.45) is 0 Å². The molecule has 0 unspecified atom stereocenters. The van der Waals surface area contributed by atoms with Gasteiger partial charge >= 0.3 is 0 Å². The Labute approximate surface area is 96.2 Å². The van der Waals surface area contributed by atoms with E-state index in [-0.39, 0.29) is 12.1 Å². The minimum atomic E-state index is -0.860. The number of nitrogens with one attached hydrogen (secondary N) is 1. The number of aliphatic hydroxyl groups is 1. The van der Waals surface area contributed by atoms with Crippen LogP contribution in [0.4, 0.5) is 10.1 Å². The van der Waals surface area contributed by atoms with Crippen LogP contribution in [0.2, 0.25) is 0 Å². The highest BCUT2D eigenvalue weighted by Gasteiger charge is 2.14. The van der Waals surface area contributed by atoms with Crippen molar-refractivity contribution in [2.75, 3.05) is 6.54 Å². The van der Waals surface area contributed by atoms with E-state index in [1.165, 1.54) is 6.92 Å². The molecule has 1 aromatic carbocycles. The first-order valence-corrected chi connectivity index (χ1v) is 4.81. The number of amides is 1. The van der Waals surface area contributed by atoms with Crippen LogP contribution in [-0.4, -0.2) is 28.6 Å². The van der Waals surface area contributed by atoms with E-state index in [0.29, 0.717) is 0 Å². The largest absolute Gasteiger partial charge is 0.392 e. The fourth-order valence-corrected chi connectivity index (χ4v) is 1.15. The molecule has 0 radical (unpaired) electrons. The number of nitro benzene ring substituents is 1. The Bertz CT molecular complexity index is 448.